The predicted octanol–water partition coefficient (Wildman–Crippen LogP) is 0.518. The highest BCUT2D eigenvalue weighted by Gasteiger charge is 2.23. The van der Waals surface area contributed by atoms with E-state index in [1.165, 1.54) is 6.92 Å². The minimum absolute atomic E-state index is 0.0142. The number of nitrogens with zero attached hydrogens (tertiary/aromatic N) is 2. The van der Waals surface area contributed by atoms with Gasteiger partial charge in [-0.05, 0) is 33.9 Å². The zero-order valence-corrected chi connectivity index (χ0v) is 9.82. The Labute approximate surface area is 91.2 Å². The van der Waals surface area contributed by atoms with E-state index in [1.807, 2.05) is 0 Å². The van der Waals surface area contributed by atoms with Crippen LogP contribution in [0, 0.1) is 0 Å². The highest BCUT2D eigenvalue weighted by atomic mass is 16.2. The number of Topliss-reactive ketones (excluding diaryl/α,β-unsaturated/α-hetero) is 1. The number of ketones is 1. The van der Waals surface area contributed by atoms with E-state index in [0.29, 0.717) is 6.04 Å². The summed E-state index contributed by atoms with van der Waals surface area (Å²) in [6.07, 6.45) is 2.08. The van der Waals surface area contributed by atoms with Gasteiger partial charge in [-0.1, -0.05) is 0 Å². The van der Waals surface area contributed by atoms with Crippen LogP contribution in [0.15, 0.2) is 0 Å². The summed E-state index contributed by atoms with van der Waals surface area (Å²) in [7, 11) is 4.13. The van der Waals surface area contributed by atoms with Gasteiger partial charge in [-0.3, -0.25) is 9.59 Å². The molecular formula is C11H20N2O2. The Morgan fingerprint density at radius 3 is 2.20 bits per heavy atom. The Hall–Kier alpha value is -0.900. The second kappa shape index (κ2) is 5.26. The molecule has 1 fully saturated rings. The van der Waals surface area contributed by atoms with Crippen molar-refractivity contribution < 1.29 is 9.59 Å². The van der Waals surface area contributed by atoms with Gasteiger partial charge in [-0.25, -0.2) is 0 Å². The maximum atomic E-state index is 11.6. The summed E-state index contributed by atoms with van der Waals surface area (Å²) in [6.45, 7) is 3.04. The first-order valence-electron chi connectivity index (χ1n) is 5.44. The molecule has 0 aliphatic carbocycles. The molecule has 1 aliphatic rings. The van der Waals surface area contributed by atoms with Crippen LogP contribution >= 0.6 is 0 Å². The molecule has 0 radical (unpaired) electrons. The molecule has 1 aliphatic heterocycles. The van der Waals surface area contributed by atoms with E-state index >= 15 is 0 Å². The van der Waals surface area contributed by atoms with E-state index in [1.54, 1.807) is 4.90 Å². The summed E-state index contributed by atoms with van der Waals surface area (Å²) >= 11 is 0. The van der Waals surface area contributed by atoms with Gasteiger partial charge in [0.1, 0.15) is 5.78 Å². The third kappa shape index (κ3) is 3.63. The topological polar surface area (TPSA) is 40.6 Å². The number of carbonyl (C=O) groups excluding carboxylic acids is 2. The van der Waals surface area contributed by atoms with Crippen molar-refractivity contribution in [3.8, 4) is 0 Å². The molecule has 0 aromatic heterocycles. The van der Waals surface area contributed by atoms with Crippen LogP contribution in [-0.4, -0.2) is 54.7 Å². The second-order valence-electron chi connectivity index (χ2n) is 4.45. The largest absolute Gasteiger partial charge is 0.342 e. The van der Waals surface area contributed by atoms with E-state index in [9.17, 15) is 9.59 Å². The van der Waals surface area contributed by atoms with Gasteiger partial charge in [-0.2, -0.15) is 0 Å². The van der Waals surface area contributed by atoms with Gasteiger partial charge in [0.2, 0.25) is 5.91 Å². The summed E-state index contributed by atoms with van der Waals surface area (Å²) in [4.78, 5) is 26.4. The standard InChI is InChI=1S/C11H20N2O2/c1-9(14)8-11(15)13-6-4-10(5-7-13)12(2)3/h10H,4-8H2,1-3H3. The van der Waals surface area contributed by atoms with Crippen molar-refractivity contribution in [2.24, 2.45) is 0 Å². The number of piperidine rings is 1. The summed E-state index contributed by atoms with van der Waals surface area (Å²) in [5, 5.41) is 0. The van der Waals surface area contributed by atoms with Crippen molar-refractivity contribution in [1.29, 1.82) is 0 Å². The van der Waals surface area contributed by atoms with E-state index in [4.69, 9.17) is 0 Å². The van der Waals surface area contributed by atoms with Crippen LogP contribution in [-0.2, 0) is 9.59 Å². The Morgan fingerprint density at radius 2 is 1.80 bits per heavy atom. The van der Waals surface area contributed by atoms with Crippen LogP contribution < -0.4 is 0 Å². The highest BCUT2D eigenvalue weighted by molar-refractivity contribution is 5.96. The average Bonchev–Trinajstić information content (AvgIpc) is 2.17. The van der Waals surface area contributed by atoms with E-state index in [0.717, 1.165) is 25.9 Å². The van der Waals surface area contributed by atoms with Crippen LogP contribution in [0.25, 0.3) is 0 Å². The normalized spacial score (nSPS) is 18.3. The summed E-state index contributed by atoms with van der Waals surface area (Å²) < 4.78 is 0. The fourth-order valence-electron chi connectivity index (χ4n) is 1.96. The number of likely N-dealkylation sites (tertiary alicyclic amines) is 1. The molecule has 0 bridgehead atoms. The van der Waals surface area contributed by atoms with Crippen LogP contribution in [0.3, 0.4) is 0 Å². The van der Waals surface area contributed by atoms with Gasteiger partial charge in [0.25, 0.3) is 0 Å². The lowest BCUT2D eigenvalue weighted by Gasteiger charge is -2.35. The quantitative estimate of drug-likeness (QED) is 0.640. The molecule has 0 aromatic rings. The molecule has 0 N–H and O–H groups in total. The summed E-state index contributed by atoms with van der Waals surface area (Å²) in [6, 6.07) is 0.575. The van der Waals surface area contributed by atoms with Crippen molar-refractivity contribution in [2.45, 2.75) is 32.2 Å². The Kier molecular flexibility index (Phi) is 4.27. The van der Waals surface area contributed by atoms with Crippen molar-refractivity contribution in [3.05, 3.63) is 0 Å². The molecule has 0 atom stereocenters. The van der Waals surface area contributed by atoms with Crippen molar-refractivity contribution >= 4 is 11.7 Å². The Bertz CT molecular complexity index is 243. The molecule has 86 valence electrons. The number of carbonyl (C=O) groups is 2. The molecule has 4 heteroatoms. The maximum Gasteiger partial charge on any atom is 0.230 e. The lowest BCUT2D eigenvalue weighted by Crippen LogP contribution is -2.44. The van der Waals surface area contributed by atoms with Gasteiger partial charge >= 0.3 is 0 Å². The third-order valence-corrected chi connectivity index (χ3v) is 2.95. The summed E-state index contributed by atoms with van der Waals surface area (Å²) in [5.41, 5.74) is 0. The van der Waals surface area contributed by atoms with E-state index < -0.39 is 0 Å². The van der Waals surface area contributed by atoms with E-state index in [-0.39, 0.29) is 18.1 Å². The summed E-state index contributed by atoms with van der Waals surface area (Å²) in [5.74, 6) is -0.0607. The number of rotatable bonds is 3. The molecule has 1 rings (SSSR count). The van der Waals surface area contributed by atoms with Crippen molar-refractivity contribution in [1.82, 2.24) is 9.80 Å². The van der Waals surface area contributed by atoms with Gasteiger partial charge < -0.3 is 9.80 Å². The van der Waals surface area contributed by atoms with E-state index in [2.05, 4.69) is 19.0 Å². The second-order valence-corrected chi connectivity index (χ2v) is 4.45. The first kappa shape index (κ1) is 12.2. The van der Waals surface area contributed by atoms with Gasteiger partial charge in [0.15, 0.2) is 0 Å². The lowest BCUT2D eigenvalue weighted by molar-refractivity contribution is -0.136. The third-order valence-electron chi connectivity index (χ3n) is 2.95. The van der Waals surface area contributed by atoms with Gasteiger partial charge in [0, 0.05) is 19.1 Å². The highest BCUT2D eigenvalue weighted by Crippen LogP contribution is 2.14. The minimum atomic E-state index is -0.0465. The van der Waals surface area contributed by atoms with Crippen molar-refractivity contribution in [3.63, 3.8) is 0 Å². The predicted molar refractivity (Wildman–Crippen MR) is 58.6 cm³/mol. The van der Waals surface area contributed by atoms with Crippen LogP contribution in [0.4, 0.5) is 0 Å². The lowest BCUT2D eigenvalue weighted by atomic mass is 10.0. The van der Waals surface area contributed by atoms with Gasteiger partial charge in [-0.15, -0.1) is 0 Å². The first-order chi connectivity index (χ1) is 7.00. The molecule has 0 unspecified atom stereocenters. The molecule has 1 amide bonds. The molecule has 1 heterocycles. The molecule has 15 heavy (non-hydrogen) atoms. The molecule has 1 saturated heterocycles. The fraction of sp³-hybridized carbons (Fsp3) is 0.818. The zero-order chi connectivity index (χ0) is 11.4. The Morgan fingerprint density at radius 1 is 1.27 bits per heavy atom. The Balaban J connectivity index is 2.37. The number of hydrogen-bond donors (Lipinski definition) is 0. The molecule has 0 saturated carbocycles. The van der Waals surface area contributed by atoms with Crippen LogP contribution in [0.1, 0.15) is 26.2 Å². The van der Waals surface area contributed by atoms with Gasteiger partial charge in [0.05, 0.1) is 6.42 Å². The number of hydrogen-bond acceptors (Lipinski definition) is 3. The molecular weight excluding hydrogens is 192 g/mol. The van der Waals surface area contributed by atoms with Crippen molar-refractivity contribution in [2.75, 3.05) is 27.2 Å². The monoisotopic (exact) mass is 212 g/mol. The SMILES string of the molecule is CC(=O)CC(=O)N1CCC(N(C)C)CC1. The smallest absolute Gasteiger partial charge is 0.230 e. The molecule has 4 nitrogen and oxygen atoms in total. The van der Waals surface area contributed by atoms with Crippen LogP contribution in [0.5, 0.6) is 0 Å². The molecule has 0 aromatic carbocycles. The fourth-order valence-corrected chi connectivity index (χ4v) is 1.96. The first-order valence-corrected chi connectivity index (χ1v) is 5.44. The maximum absolute atomic E-state index is 11.6. The van der Waals surface area contributed by atoms with Crippen LogP contribution in [0.2, 0.25) is 0 Å². The average molecular weight is 212 g/mol. The minimum Gasteiger partial charge on any atom is -0.342 e. The molecule has 0 spiro atoms. The zero-order valence-electron chi connectivity index (χ0n) is 9.82. The number of amides is 1.